The zero-order valence-electron chi connectivity index (χ0n) is 9.84. The monoisotopic (exact) mass is 280 g/mol. The number of carbonyl (C=O) groups excluding carboxylic acids is 1. The van der Waals surface area contributed by atoms with Crippen LogP contribution in [-0.4, -0.2) is 10.8 Å². The SMILES string of the molecule is Cc1cc(F)ccc1NC(=O)c1csc([N+](=O)[O-])c1. The zero-order valence-corrected chi connectivity index (χ0v) is 10.7. The summed E-state index contributed by atoms with van der Waals surface area (Å²) >= 11 is 0.883. The third-order valence-electron chi connectivity index (χ3n) is 2.46. The lowest BCUT2D eigenvalue weighted by atomic mass is 10.2. The van der Waals surface area contributed by atoms with Crippen molar-refractivity contribution in [1.29, 1.82) is 0 Å². The molecular formula is C12H9FN2O3S. The lowest BCUT2D eigenvalue weighted by molar-refractivity contribution is -0.380. The van der Waals surface area contributed by atoms with Crippen LogP contribution in [0.25, 0.3) is 0 Å². The number of carbonyl (C=O) groups is 1. The van der Waals surface area contributed by atoms with E-state index in [4.69, 9.17) is 0 Å². The molecule has 0 aliphatic heterocycles. The molecule has 1 N–H and O–H groups in total. The van der Waals surface area contributed by atoms with Gasteiger partial charge in [-0.05, 0) is 30.7 Å². The van der Waals surface area contributed by atoms with Crippen molar-refractivity contribution >= 4 is 27.9 Å². The van der Waals surface area contributed by atoms with E-state index in [0.717, 1.165) is 11.3 Å². The Bertz CT molecular complexity index is 654. The number of nitro groups is 1. The summed E-state index contributed by atoms with van der Waals surface area (Å²) in [4.78, 5) is 21.8. The van der Waals surface area contributed by atoms with Gasteiger partial charge in [-0.1, -0.05) is 11.3 Å². The highest BCUT2D eigenvalue weighted by molar-refractivity contribution is 7.13. The topological polar surface area (TPSA) is 72.2 Å². The highest BCUT2D eigenvalue weighted by Crippen LogP contribution is 2.24. The van der Waals surface area contributed by atoms with Gasteiger partial charge < -0.3 is 5.32 Å². The predicted octanol–water partition coefficient (Wildman–Crippen LogP) is 3.36. The Morgan fingerprint density at radius 3 is 2.74 bits per heavy atom. The molecule has 0 saturated carbocycles. The van der Waals surface area contributed by atoms with Gasteiger partial charge >= 0.3 is 5.00 Å². The Labute approximate surface area is 111 Å². The maximum atomic E-state index is 12.9. The predicted molar refractivity (Wildman–Crippen MR) is 70.1 cm³/mol. The number of nitrogens with one attached hydrogen (secondary N) is 1. The molecule has 2 rings (SSSR count). The van der Waals surface area contributed by atoms with E-state index in [0.29, 0.717) is 11.3 Å². The summed E-state index contributed by atoms with van der Waals surface area (Å²) < 4.78 is 12.9. The van der Waals surface area contributed by atoms with Gasteiger partial charge in [0.2, 0.25) is 0 Å². The summed E-state index contributed by atoms with van der Waals surface area (Å²) in [7, 11) is 0. The van der Waals surface area contributed by atoms with Crippen LogP contribution in [0.2, 0.25) is 0 Å². The smallest absolute Gasteiger partial charge is 0.322 e. The number of nitrogens with zero attached hydrogens (tertiary/aromatic N) is 1. The highest BCUT2D eigenvalue weighted by atomic mass is 32.1. The molecule has 0 spiro atoms. The number of thiophene rings is 1. The van der Waals surface area contributed by atoms with E-state index in [1.165, 1.54) is 29.6 Å². The van der Waals surface area contributed by atoms with Gasteiger partial charge in [0.1, 0.15) is 5.82 Å². The number of hydrogen-bond acceptors (Lipinski definition) is 4. The second-order valence-electron chi connectivity index (χ2n) is 3.84. The van der Waals surface area contributed by atoms with Crippen molar-refractivity contribution in [2.75, 3.05) is 5.32 Å². The van der Waals surface area contributed by atoms with Crippen molar-refractivity contribution in [3.05, 3.63) is 56.7 Å². The van der Waals surface area contributed by atoms with E-state index in [1.54, 1.807) is 6.92 Å². The van der Waals surface area contributed by atoms with Crippen LogP contribution < -0.4 is 5.32 Å². The van der Waals surface area contributed by atoms with E-state index in [9.17, 15) is 19.3 Å². The number of aryl methyl sites for hydroxylation is 1. The summed E-state index contributed by atoms with van der Waals surface area (Å²) in [5, 5.41) is 14.4. The number of amides is 1. The molecule has 0 unspecified atom stereocenters. The van der Waals surface area contributed by atoms with E-state index in [1.807, 2.05) is 0 Å². The minimum atomic E-state index is -0.551. The number of halogens is 1. The standard InChI is InChI=1S/C12H9FN2O3S/c1-7-4-9(13)2-3-10(7)14-12(16)8-5-11(15(17)18)19-6-8/h2-6H,1H3,(H,14,16). The van der Waals surface area contributed by atoms with Gasteiger partial charge in [-0.3, -0.25) is 14.9 Å². The molecule has 1 heterocycles. The van der Waals surface area contributed by atoms with Crippen LogP contribution in [-0.2, 0) is 0 Å². The van der Waals surface area contributed by atoms with Gasteiger partial charge in [-0.15, -0.1) is 0 Å². The Morgan fingerprint density at radius 2 is 2.16 bits per heavy atom. The van der Waals surface area contributed by atoms with Crippen molar-refractivity contribution in [2.45, 2.75) is 6.92 Å². The molecule has 1 aromatic carbocycles. The van der Waals surface area contributed by atoms with Crippen LogP contribution in [0, 0.1) is 22.9 Å². The lowest BCUT2D eigenvalue weighted by Crippen LogP contribution is -2.11. The molecule has 7 heteroatoms. The number of anilines is 1. The molecule has 2 aromatic rings. The van der Waals surface area contributed by atoms with Gasteiger partial charge in [-0.2, -0.15) is 0 Å². The van der Waals surface area contributed by atoms with Crippen molar-refractivity contribution in [2.24, 2.45) is 0 Å². The average molecular weight is 280 g/mol. The zero-order chi connectivity index (χ0) is 14.0. The summed E-state index contributed by atoms with van der Waals surface area (Å²) in [6, 6.07) is 5.19. The number of rotatable bonds is 3. The normalized spacial score (nSPS) is 10.2. The van der Waals surface area contributed by atoms with Gasteiger partial charge in [-0.25, -0.2) is 4.39 Å². The van der Waals surface area contributed by atoms with E-state index in [-0.39, 0.29) is 16.4 Å². The van der Waals surface area contributed by atoms with Gasteiger partial charge in [0.05, 0.1) is 10.5 Å². The van der Waals surface area contributed by atoms with Crippen LogP contribution >= 0.6 is 11.3 Å². The molecule has 0 aliphatic carbocycles. The van der Waals surface area contributed by atoms with Crippen LogP contribution in [0.5, 0.6) is 0 Å². The summed E-state index contributed by atoms with van der Waals surface area (Å²) in [6.45, 7) is 1.66. The Balaban J connectivity index is 2.18. The first-order valence-electron chi connectivity index (χ1n) is 5.28. The maximum absolute atomic E-state index is 12.9. The van der Waals surface area contributed by atoms with Gasteiger partial charge in [0, 0.05) is 17.1 Å². The fourth-order valence-electron chi connectivity index (χ4n) is 1.50. The van der Waals surface area contributed by atoms with Gasteiger partial charge in [0.25, 0.3) is 5.91 Å². The third kappa shape index (κ3) is 2.94. The van der Waals surface area contributed by atoms with Crippen molar-refractivity contribution < 1.29 is 14.1 Å². The molecule has 0 radical (unpaired) electrons. The molecule has 5 nitrogen and oxygen atoms in total. The first-order chi connectivity index (χ1) is 8.97. The summed E-state index contributed by atoms with van der Waals surface area (Å²) in [5.41, 5.74) is 1.26. The lowest BCUT2D eigenvalue weighted by Gasteiger charge is -2.06. The van der Waals surface area contributed by atoms with Crippen LogP contribution in [0.1, 0.15) is 15.9 Å². The van der Waals surface area contributed by atoms with Crippen LogP contribution in [0.4, 0.5) is 15.1 Å². The first-order valence-corrected chi connectivity index (χ1v) is 6.16. The summed E-state index contributed by atoms with van der Waals surface area (Å²) in [6.07, 6.45) is 0. The number of hydrogen-bond donors (Lipinski definition) is 1. The second-order valence-corrected chi connectivity index (χ2v) is 4.73. The number of benzene rings is 1. The largest absolute Gasteiger partial charge is 0.324 e. The van der Waals surface area contributed by atoms with Crippen molar-refractivity contribution in [3.63, 3.8) is 0 Å². The second kappa shape index (κ2) is 5.15. The average Bonchev–Trinajstić information content (AvgIpc) is 2.82. The highest BCUT2D eigenvalue weighted by Gasteiger charge is 2.15. The molecule has 0 saturated heterocycles. The molecule has 1 amide bonds. The molecule has 19 heavy (non-hydrogen) atoms. The Hall–Kier alpha value is -2.28. The molecular weight excluding hydrogens is 271 g/mol. The third-order valence-corrected chi connectivity index (χ3v) is 3.34. The van der Waals surface area contributed by atoms with E-state index in [2.05, 4.69) is 5.32 Å². The molecule has 0 aliphatic rings. The minimum absolute atomic E-state index is 0.0963. The maximum Gasteiger partial charge on any atom is 0.324 e. The van der Waals surface area contributed by atoms with E-state index < -0.39 is 10.8 Å². The van der Waals surface area contributed by atoms with Crippen LogP contribution in [0.3, 0.4) is 0 Å². The summed E-state index contributed by atoms with van der Waals surface area (Å²) in [5.74, 6) is -0.847. The quantitative estimate of drug-likeness (QED) is 0.692. The molecule has 0 fully saturated rings. The molecule has 0 bridgehead atoms. The molecule has 0 atom stereocenters. The Kier molecular flexibility index (Phi) is 3.57. The molecule has 1 aromatic heterocycles. The van der Waals surface area contributed by atoms with Crippen molar-refractivity contribution in [3.8, 4) is 0 Å². The Morgan fingerprint density at radius 1 is 1.42 bits per heavy atom. The van der Waals surface area contributed by atoms with Gasteiger partial charge in [0.15, 0.2) is 0 Å². The first kappa shape index (κ1) is 13.2. The van der Waals surface area contributed by atoms with Crippen LogP contribution in [0.15, 0.2) is 29.6 Å². The molecule has 98 valence electrons. The minimum Gasteiger partial charge on any atom is -0.322 e. The fraction of sp³-hybridized carbons (Fsp3) is 0.0833. The van der Waals surface area contributed by atoms with E-state index >= 15 is 0 Å². The van der Waals surface area contributed by atoms with Crippen molar-refractivity contribution in [1.82, 2.24) is 0 Å². The fourth-order valence-corrected chi connectivity index (χ4v) is 2.21.